The van der Waals surface area contributed by atoms with Crippen LogP contribution in [0.25, 0.3) is 0 Å². The third-order valence-corrected chi connectivity index (χ3v) is 2.54. The van der Waals surface area contributed by atoms with Crippen molar-refractivity contribution in [2.45, 2.75) is 6.61 Å². The van der Waals surface area contributed by atoms with Crippen LogP contribution >= 0.6 is 0 Å². The van der Waals surface area contributed by atoms with E-state index in [1.807, 2.05) is 0 Å². The van der Waals surface area contributed by atoms with Crippen molar-refractivity contribution < 1.29 is 14.6 Å². The maximum Gasteiger partial charge on any atom is 0.339 e. The number of rotatable bonds is 4. The first-order valence-corrected chi connectivity index (χ1v) is 5.50. The lowest BCUT2D eigenvalue weighted by Crippen LogP contribution is -2.04. The van der Waals surface area contributed by atoms with Gasteiger partial charge in [-0.05, 0) is 12.1 Å². The summed E-state index contributed by atoms with van der Waals surface area (Å²) in [4.78, 5) is 14.8. The minimum absolute atomic E-state index is 0.0458. The fraction of sp³-hybridized carbons (Fsp3) is 0.0714. The molecule has 5 heteroatoms. The molecule has 0 atom stereocenters. The van der Waals surface area contributed by atoms with Crippen molar-refractivity contribution in [2.24, 2.45) is 0 Å². The highest BCUT2D eigenvalue weighted by molar-refractivity contribution is 5.90. The van der Waals surface area contributed by atoms with Crippen LogP contribution in [0.3, 0.4) is 0 Å². The van der Waals surface area contributed by atoms with Gasteiger partial charge < -0.3 is 9.84 Å². The molecule has 0 aliphatic carbocycles. The summed E-state index contributed by atoms with van der Waals surface area (Å²) >= 11 is 0. The van der Waals surface area contributed by atoms with Crippen LogP contribution in [0, 0.1) is 11.3 Å². The van der Waals surface area contributed by atoms with Gasteiger partial charge in [0, 0.05) is 11.8 Å². The first-order chi connectivity index (χ1) is 9.22. The van der Waals surface area contributed by atoms with Crippen molar-refractivity contribution in [3.8, 4) is 11.8 Å². The molecule has 0 spiro atoms. The summed E-state index contributed by atoms with van der Waals surface area (Å²) in [5, 5.41) is 17.9. The zero-order valence-corrected chi connectivity index (χ0v) is 9.91. The van der Waals surface area contributed by atoms with Crippen LogP contribution in [0.4, 0.5) is 0 Å². The van der Waals surface area contributed by atoms with Crippen LogP contribution in [0.5, 0.6) is 5.75 Å². The summed E-state index contributed by atoms with van der Waals surface area (Å²) in [6.07, 6.45) is 2.73. The molecule has 19 heavy (non-hydrogen) atoms. The van der Waals surface area contributed by atoms with Gasteiger partial charge in [-0.25, -0.2) is 4.79 Å². The number of ether oxygens (including phenoxy) is 1. The van der Waals surface area contributed by atoms with Crippen LogP contribution < -0.4 is 4.74 Å². The van der Waals surface area contributed by atoms with Crippen molar-refractivity contribution in [2.75, 3.05) is 0 Å². The Hall–Kier alpha value is -2.87. The Morgan fingerprint density at radius 2 is 2.16 bits per heavy atom. The second kappa shape index (κ2) is 5.65. The smallest absolute Gasteiger partial charge is 0.339 e. The number of nitriles is 1. The van der Waals surface area contributed by atoms with E-state index < -0.39 is 5.97 Å². The van der Waals surface area contributed by atoms with Gasteiger partial charge in [-0.3, -0.25) is 4.98 Å². The molecular formula is C14H10N2O3. The SMILES string of the molecule is N#Cc1ccccc1COc1cnccc1C(=O)O. The zero-order valence-electron chi connectivity index (χ0n) is 9.91. The van der Waals surface area contributed by atoms with E-state index in [9.17, 15) is 4.79 Å². The summed E-state index contributed by atoms with van der Waals surface area (Å²) in [6.45, 7) is 0.121. The van der Waals surface area contributed by atoms with E-state index in [0.717, 1.165) is 0 Å². The van der Waals surface area contributed by atoms with E-state index >= 15 is 0 Å². The van der Waals surface area contributed by atoms with Gasteiger partial charge in [0.2, 0.25) is 0 Å². The molecule has 0 saturated carbocycles. The zero-order chi connectivity index (χ0) is 13.7. The normalized spacial score (nSPS) is 9.63. The van der Waals surface area contributed by atoms with Gasteiger partial charge in [0.15, 0.2) is 5.75 Å². The van der Waals surface area contributed by atoms with Gasteiger partial charge in [-0.1, -0.05) is 18.2 Å². The second-order valence-electron chi connectivity index (χ2n) is 3.73. The molecule has 0 aliphatic rings. The van der Waals surface area contributed by atoms with E-state index in [2.05, 4.69) is 11.1 Å². The number of hydrogen-bond acceptors (Lipinski definition) is 4. The van der Waals surface area contributed by atoms with Crippen molar-refractivity contribution >= 4 is 5.97 Å². The highest BCUT2D eigenvalue weighted by atomic mass is 16.5. The monoisotopic (exact) mass is 254 g/mol. The number of aromatic carboxylic acids is 1. The van der Waals surface area contributed by atoms with E-state index in [1.165, 1.54) is 18.5 Å². The molecule has 1 aromatic heterocycles. The Labute approximate surface area is 109 Å². The van der Waals surface area contributed by atoms with Crippen molar-refractivity contribution in [3.05, 3.63) is 59.4 Å². The molecule has 2 rings (SSSR count). The molecule has 0 amide bonds. The standard InChI is InChI=1S/C14H10N2O3/c15-7-10-3-1-2-4-11(10)9-19-13-8-16-6-5-12(13)14(17)18/h1-6,8H,9H2,(H,17,18). The van der Waals surface area contributed by atoms with Gasteiger partial charge >= 0.3 is 5.97 Å². The fourth-order valence-corrected chi connectivity index (χ4v) is 1.58. The highest BCUT2D eigenvalue weighted by Crippen LogP contribution is 2.18. The number of hydrogen-bond donors (Lipinski definition) is 1. The molecule has 0 saturated heterocycles. The highest BCUT2D eigenvalue weighted by Gasteiger charge is 2.11. The van der Waals surface area contributed by atoms with Gasteiger partial charge in [-0.2, -0.15) is 5.26 Å². The number of aromatic nitrogens is 1. The average molecular weight is 254 g/mol. The van der Waals surface area contributed by atoms with Crippen molar-refractivity contribution in [3.63, 3.8) is 0 Å². The topological polar surface area (TPSA) is 83.2 Å². The van der Waals surface area contributed by atoms with E-state index in [-0.39, 0.29) is 17.9 Å². The summed E-state index contributed by atoms with van der Waals surface area (Å²) < 4.78 is 5.43. The van der Waals surface area contributed by atoms with Crippen LogP contribution in [0.1, 0.15) is 21.5 Å². The van der Waals surface area contributed by atoms with E-state index in [4.69, 9.17) is 15.1 Å². The predicted molar refractivity (Wildman–Crippen MR) is 66.7 cm³/mol. The quantitative estimate of drug-likeness (QED) is 0.904. The minimum Gasteiger partial charge on any atom is -0.486 e. The Kier molecular flexibility index (Phi) is 3.74. The summed E-state index contributed by atoms with van der Waals surface area (Å²) in [5.74, 6) is -0.895. The van der Waals surface area contributed by atoms with Gasteiger partial charge in [0.25, 0.3) is 0 Å². The lowest BCUT2D eigenvalue weighted by Gasteiger charge is -2.09. The molecule has 0 unspecified atom stereocenters. The molecule has 0 aliphatic heterocycles. The summed E-state index contributed by atoms with van der Waals surface area (Å²) in [6, 6.07) is 10.4. The van der Waals surface area contributed by atoms with E-state index in [1.54, 1.807) is 24.3 Å². The molecule has 0 radical (unpaired) electrons. The van der Waals surface area contributed by atoms with Crippen LogP contribution in [0.15, 0.2) is 42.7 Å². The number of benzene rings is 1. The largest absolute Gasteiger partial charge is 0.486 e. The van der Waals surface area contributed by atoms with Gasteiger partial charge in [0.05, 0.1) is 17.8 Å². The first-order valence-electron chi connectivity index (χ1n) is 5.50. The van der Waals surface area contributed by atoms with Gasteiger partial charge in [0.1, 0.15) is 12.2 Å². The minimum atomic E-state index is -1.08. The number of pyridine rings is 1. The number of carbonyl (C=O) groups is 1. The summed E-state index contributed by atoms with van der Waals surface area (Å²) in [7, 11) is 0. The predicted octanol–water partition coefficient (Wildman–Crippen LogP) is 2.23. The number of nitrogens with zero attached hydrogens (tertiary/aromatic N) is 2. The molecule has 0 bridgehead atoms. The van der Waals surface area contributed by atoms with Crippen molar-refractivity contribution in [1.82, 2.24) is 4.98 Å². The Balaban J connectivity index is 2.20. The Morgan fingerprint density at radius 3 is 2.89 bits per heavy atom. The Bertz CT molecular complexity index is 647. The third kappa shape index (κ3) is 2.87. The molecule has 2 aromatic rings. The second-order valence-corrected chi connectivity index (χ2v) is 3.73. The van der Waals surface area contributed by atoms with Crippen LogP contribution in [0.2, 0.25) is 0 Å². The number of carboxylic acids is 1. The third-order valence-electron chi connectivity index (χ3n) is 2.54. The molecule has 1 heterocycles. The van der Waals surface area contributed by atoms with Gasteiger partial charge in [-0.15, -0.1) is 0 Å². The molecular weight excluding hydrogens is 244 g/mol. The van der Waals surface area contributed by atoms with Crippen molar-refractivity contribution in [1.29, 1.82) is 5.26 Å². The molecule has 1 N–H and O–H groups in total. The van der Waals surface area contributed by atoms with E-state index in [0.29, 0.717) is 11.1 Å². The first kappa shape index (κ1) is 12.6. The lowest BCUT2D eigenvalue weighted by molar-refractivity contribution is 0.0691. The summed E-state index contributed by atoms with van der Waals surface area (Å²) in [5.41, 5.74) is 1.25. The molecule has 94 valence electrons. The lowest BCUT2D eigenvalue weighted by atomic mass is 10.1. The molecule has 0 fully saturated rings. The van der Waals surface area contributed by atoms with Crippen LogP contribution in [-0.2, 0) is 6.61 Å². The average Bonchev–Trinajstić information content (AvgIpc) is 2.45. The molecule has 5 nitrogen and oxygen atoms in total. The molecule has 1 aromatic carbocycles. The van der Waals surface area contributed by atoms with Crippen LogP contribution in [-0.4, -0.2) is 16.1 Å². The maximum atomic E-state index is 11.0. The number of carboxylic acid groups (broad SMARTS) is 1. The fourth-order valence-electron chi connectivity index (χ4n) is 1.58. The Morgan fingerprint density at radius 1 is 1.37 bits per heavy atom. The maximum absolute atomic E-state index is 11.0.